The Bertz CT molecular complexity index is 1660. The number of rotatable bonds is 13. The number of hydrogen-bond acceptors (Lipinski definition) is 7. The van der Waals surface area contributed by atoms with E-state index in [1.807, 2.05) is 16.8 Å². The Hall–Kier alpha value is -4.41. The number of carboxylic acids is 2. The molecule has 11 heteroatoms. The molecule has 1 atom stereocenters. The van der Waals surface area contributed by atoms with Crippen LogP contribution in [-0.4, -0.2) is 56.2 Å². The third kappa shape index (κ3) is 6.71. The molecule has 230 valence electrons. The average Bonchev–Trinajstić information content (AvgIpc) is 3.65. The molecule has 1 aliphatic heterocycles. The van der Waals surface area contributed by atoms with Crippen LogP contribution in [0.3, 0.4) is 0 Å². The van der Waals surface area contributed by atoms with Crippen LogP contribution in [-0.2, 0) is 27.4 Å². The van der Waals surface area contributed by atoms with Crippen molar-refractivity contribution in [2.45, 2.75) is 57.8 Å². The first-order valence-corrected chi connectivity index (χ1v) is 14.8. The molecular weight excluding hydrogens is 586 g/mol. The lowest BCUT2D eigenvalue weighted by molar-refractivity contribution is -0.133. The summed E-state index contributed by atoms with van der Waals surface area (Å²) in [5, 5.41) is 25.0. The predicted molar refractivity (Wildman–Crippen MR) is 164 cm³/mol. The first-order chi connectivity index (χ1) is 21.2. The Morgan fingerprint density at radius 1 is 1.25 bits per heavy atom. The van der Waals surface area contributed by atoms with E-state index < -0.39 is 17.5 Å². The number of aromatic carboxylic acids is 1. The van der Waals surface area contributed by atoms with Gasteiger partial charge in [-0.1, -0.05) is 24.9 Å². The Kier molecular flexibility index (Phi) is 9.51. The summed E-state index contributed by atoms with van der Waals surface area (Å²) >= 11 is 6.37. The van der Waals surface area contributed by atoms with Gasteiger partial charge in [0, 0.05) is 60.8 Å². The molecule has 1 unspecified atom stereocenters. The maximum Gasteiger partial charge on any atom is 0.337 e. The molecule has 0 bridgehead atoms. The second-order valence-electron chi connectivity index (χ2n) is 10.8. The average molecular weight is 620 g/mol. The van der Waals surface area contributed by atoms with E-state index >= 15 is 0 Å². The quantitative estimate of drug-likeness (QED) is 0.204. The lowest BCUT2D eigenvalue weighted by Crippen LogP contribution is -2.33. The summed E-state index contributed by atoms with van der Waals surface area (Å²) in [5.74, 6) is -0.944. The molecule has 1 aromatic carbocycles. The van der Waals surface area contributed by atoms with E-state index in [1.165, 1.54) is 12.3 Å². The number of carbonyl (C=O) groups is 2. The van der Waals surface area contributed by atoms with Crippen molar-refractivity contribution in [2.24, 2.45) is 0 Å². The molecule has 0 saturated heterocycles. The predicted octanol–water partition coefficient (Wildman–Crippen LogP) is 6.55. The summed E-state index contributed by atoms with van der Waals surface area (Å²) in [7, 11) is 1.59. The number of unbranched alkanes of at least 4 members (excludes halogenated alkanes) is 1. The zero-order chi connectivity index (χ0) is 31.3. The van der Waals surface area contributed by atoms with E-state index in [2.05, 4.69) is 17.0 Å². The van der Waals surface area contributed by atoms with Gasteiger partial charge in [0.25, 0.3) is 0 Å². The third-order valence-electron chi connectivity index (χ3n) is 7.84. The monoisotopic (exact) mass is 619 g/mol. The highest BCUT2D eigenvalue weighted by Gasteiger charge is 2.36. The van der Waals surface area contributed by atoms with Gasteiger partial charge in [-0.05, 0) is 60.6 Å². The molecule has 0 amide bonds. The summed E-state index contributed by atoms with van der Waals surface area (Å²) in [6.45, 7) is 3.17. The van der Waals surface area contributed by atoms with Crippen LogP contribution in [0.25, 0.3) is 17.3 Å². The number of aromatic nitrogens is 3. The fourth-order valence-electron chi connectivity index (χ4n) is 5.51. The van der Waals surface area contributed by atoms with Gasteiger partial charge in [-0.2, -0.15) is 5.10 Å². The zero-order valence-electron chi connectivity index (χ0n) is 24.6. The van der Waals surface area contributed by atoms with E-state index in [9.17, 15) is 19.8 Å². The summed E-state index contributed by atoms with van der Waals surface area (Å²) in [5.41, 5.74) is 2.62. The van der Waals surface area contributed by atoms with Crippen LogP contribution < -0.4 is 4.74 Å². The molecule has 44 heavy (non-hydrogen) atoms. The minimum absolute atomic E-state index is 0.0367. The van der Waals surface area contributed by atoms with Gasteiger partial charge in [0.1, 0.15) is 18.1 Å². The van der Waals surface area contributed by atoms with Gasteiger partial charge in [0.15, 0.2) is 0 Å². The van der Waals surface area contributed by atoms with E-state index in [1.54, 1.807) is 43.6 Å². The second-order valence-corrected chi connectivity index (χ2v) is 11.2. The topological polar surface area (TPSA) is 133 Å². The van der Waals surface area contributed by atoms with Crippen molar-refractivity contribution in [1.29, 1.82) is 0 Å². The number of aliphatic carboxylic acids is 1. The lowest BCUT2D eigenvalue weighted by Gasteiger charge is -2.32. The molecule has 0 radical (unpaired) electrons. The number of pyridine rings is 1. The Morgan fingerprint density at radius 2 is 2.09 bits per heavy atom. The second kappa shape index (κ2) is 13.5. The fourth-order valence-corrected chi connectivity index (χ4v) is 5.68. The Balaban J connectivity index is 1.54. The van der Waals surface area contributed by atoms with Crippen molar-refractivity contribution < 1.29 is 34.0 Å². The third-order valence-corrected chi connectivity index (χ3v) is 8.07. The molecular formula is C33H34ClN3O7. The maximum absolute atomic E-state index is 12.6. The van der Waals surface area contributed by atoms with Crippen molar-refractivity contribution in [2.75, 3.05) is 13.7 Å². The summed E-state index contributed by atoms with van der Waals surface area (Å²) in [6, 6.07) is 8.17. The minimum atomic E-state index is -1.11. The molecule has 2 N–H and O–H groups in total. The molecule has 3 aromatic rings. The van der Waals surface area contributed by atoms with Crippen LogP contribution in [0.5, 0.6) is 5.75 Å². The van der Waals surface area contributed by atoms with Crippen LogP contribution in [0.2, 0.25) is 5.02 Å². The lowest BCUT2D eigenvalue weighted by atomic mass is 9.82. The molecule has 0 saturated carbocycles. The van der Waals surface area contributed by atoms with E-state index in [0.717, 1.165) is 30.6 Å². The van der Waals surface area contributed by atoms with Gasteiger partial charge in [0.2, 0.25) is 0 Å². The summed E-state index contributed by atoms with van der Waals surface area (Å²) < 4.78 is 19.6. The zero-order valence-corrected chi connectivity index (χ0v) is 25.3. The molecule has 5 rings (SSSR count). The van der Waals surface area contributed by atoms with E-state index in [4.69, 9.17) is 25.8 Å². The van der Waals surface area contributed by atoms with Crippen LogP contribution in [0.15, 0.2) is 71.8 Å². The number of hydrogen-bond donors (Lipinski definition) is 2. The van der Waals surface area contributed by atoms with Crippen LogP contribution in [0.1, 0.15) is 60.6 Å². The van der Waals surface area contributed by atoms with Crippen LogP contribution >= 0.6 is 11.6 Å². The van der Waals surface area contributed by atoms with Gasteiger partial charge in [-0.15, -0.1) is 0 Å². The highest BCUT2D eigenvalue weighted by Crippen LogP contribution is 2.41. The highest BCUT2D eigenvalue weighted by atomic mass is 35.5. The first kappa shape index (κ1) is 31.0. The van der Waals surface area contributed by atoms with Crippen molar-refractivity contribution in [3.05, 3.63) is 93.6 Å². The maximum atomic E-state index is 12.6. The van der Waals surface area contributed by atoms with Crippen molar-refractivity contribution in [3.63, 3.8) is 0 Å². The van der Waals surface area contributed by atoms with Gasteiger partial charge in [0.05, 0.1) is 35.4 Å². The van der Waals surface area contributed by atoms with Gasteiger partial charge < -0.3 is 24.4 Å². The van der Waals surface area contributed by atoms with Gasteiger partial charge in [-0.25, -0.2) is 9.59 Å². The smallest absolute Gasteiger partial charge is 0.337 e. The number of aryl methyl sites for hydroxylation is 1. The Morgan fingerprint density at radius 3 is 2.84 bits per heavy atom. The van der Waals surface area contributed by atoms with Gasteiger partial charge >= 0.3 is 11.9 Å². The van der Waals surface area contributed by atoms with Gasteiger partial charge in [-0.3, -0.25) is 9.67 Å². The molecule has 2 aromatic heterocycles. The van der Waals surface area contributed by atoms with Crippen molar-refractivity contribution >= 4 is 29.6 Å². The SMILES string of the molecule is CCCCn1ncc(/C=C(\CC2(OC)C=CC3=C(CCO3)C2)C(=O)O)c1-c1ccc(Cl)cc1OCc1ncccc1C(=O)O. The van der Waals surface area contributed by atoms with Crippen molar-refractivity contribution in [1.82, 2.24) is 14.8 Å². The number of halogens is 1. The van der Waals surface area contributed by atoms with E-state index in [-0.39, 0.29) is 29.9 Å². The van der Waals surface area contributed by atoms with E-state index in [0.29, 0.717) is 47.2 Å². The molecule has 3 heterocycles. The first-order valence-electron chi connectivity index (χ1n) is 14.4. The number of allylic oxidation sites excluding steroid dienone is 1. The number of carboxylic acid groups (broad SMARTS) is 2. The number of nitrogens with zero attached hydrogens (tertiary/aromatic N) is 3. The number of benzene rings is 1. The van der Waals surface area contributed by atoms with Crippen molar-refractivity contribution in [3.8, 4) is 17.0 Å². The Labute approximate surface area is 260 Å². The van der Waals surface area contributed by atoms with Crippen LogP contribution in [0.4, 0.5) is 0 Å². The normalized spacial score (nSPS) is 17.8. The minimum Gasteiger partial charge on any atom is -0.493 e. The molecule has 0 fully saturated rings. The fraction of sp³-hybridized carbons (Fsp3) is 0.333. The molecule has 2 aliphatic rings. The number of ether oxygens (including phenoxy) is 3. The molecule has 0 spiro atoms. The molecule has 1 aliphatic carbocycles. The summed E-state index contributed by atoms with van der Waals surface area (Å²) in [6.07, 6.45) is 11.8. The largest absolute Gasteiger partial charge is 0.493 e. The summed E-state index contributed by atoms with van der Waals surface area (Å²) in [4.78, 5) is 28.6. The molecule has 10 nitrogen and oxygen atoms in total. The number of methoxy groups -OCH3 is 1. The standard InChI is InChI=1S/C33H34ClN3O7/c1-3-4-13-37-30(26-8-7-24(34)16-29(26)44-20-27-25(32(40)41)6-5-12-35-27)23(19-36-37)15-22(31(38)39)18-33(42-2)11-9-28-21(17-33)10-14-43-28/h5-9,11-12,15-16,19H,3-4,10,13-14,17-18,20H2,1-2H3,(H,38,39)(H,40,41)/b22-15+. The highest BCUT2D eigenvalue weighted by molar-refractivity contribution is 6.30. The van der Waals surface area contributed by atoms with Crippen LogP contribution in [0, 0.1) is 0 Å².